The van der Waals surface area contributed by atoms with Gasteiger partial charge in [-0.05, 0) is 44.1 Å². The number of ether oxygens (including phenoxy) is 1. The summed E-state index contributed by atoms with van der Waals surface area (Å²) in [5, 5.41) is 0. The maximum Gasteiger partial charge on any atom is 0.215 e. The average Bonchev–Trinajstić information content (AvgIpc) is 3.06. The number of hydrogen-bond acceptors (Lipinski definition) is 4. The normalized spacial score (nSPS) is 26.1. The number of nitrogens with one attached hydrogen (secondary N) is 1. The van der Waals surface area contributed by atoms with Crippen molar-refractivity contribution in [3.63, 3.8) is 0 Å². The number of nitrogens with zero attached hydrogens (tertiary/aromatic N) is 3. The van der Waals surface area contributed by atoms with Gasteiger partial charge in [0.1, 0.15) is 0 Å². The van der Waals surface area contributed by atoms with Crippen LogP contribution in [0.4, 0.5) is 0 Å². The van der Waals surface area contributed by atoms with Gasteiger partial charge in [0.2, 0.25) is 5.88 Å². The molecule has 5 nitrogen and oxygen atoms in total. The van der Waals surface area contributed by atoms with Crippen LogP contribution in [0, 0.1) is 4.77 Å². The maximum atomic E-state index is 5.57. The first-order chi connectivity index (χ1) is 10.3. The van der Waals surface area contributed by atoms with E-state index < -0.39 is 0 Å². The van der Waals surface area contributed by atoms with Gasteiger partial charge >= 0.3 is 0 Å². The highest BCUT2D eigenvalue weighted by atomic mass is 32.1. The number of methoxy groups -OCH3 is 1. The Hall–Kier alpha value is -1.40. The Morgan fingerprint density at radius 1 is 1.24 bits per heavy atom. The predicted molar refractivity (Wildman–Crippen MR) is 84.3 cm³/mol. The Bertz CT molecular complexity index is 722. The van der Waals surface area contributed by atoms with Crippen molar-refractivity contribution < 1.29 is 4.74 Å². The summed E-state index contributed by atoms with van der Waals surface area (Å²) >= 11 is 5.57. The third-order valence-electron chi connectivity index (χ3n) is 4.90. The van der Waals surface area contributed by atoms with Crippen LogP contribution in [-0.2, 0) is 0 Å². The number of H-pyrrole nitrogens is 1. The lowest BCUT2D eigenvalue weighted by Gasteiger charge is -2.32. The first-order valence-electron chi connectivity index (χ1n) is 7.67. The molecule has 2 atom stereocenters. The van der Waals surface area contributed by atoms with E-state index in [0.29, 0.717) is 18.0 Å². The van der Waals surface area contributed by atoms with Gasteiger partial charge in [0.25, 0.3) is 0 Å². The second-order valence-electron chi connectivity index (χ2n) is 5.98. The molecule has 0 bridgehead atoms. The van der Waals surface area contributed by atoms with Crippen LogP contribution in [0.3, 0.4) is 0 Å². The number of piperidine rings is 1. The minimum absolute atomic E-state index is 0.436. The SMILES string of the molecule is COc1ccc2[nH]c(=S)n(C3CCN4CCCCC34)c2n1. The quantitative estimate of drug-likeness (QED) is 0.867. The van der Waals surface area contributed by atoms with Gasteiger partial charge in [-0.1, -0.05) is 6.42 Å². The molecule has 0 amide bonds. The van der Waals surface area contributed by atoms with Crippen molar-refractivity contribution in [3.8, 4) is 5.88 Å². The molecule has 21 heavy (non-hydrogen) atoms. The summed E-state index contributed by atoms with van der Waals surface area (Å²) in [6.07, 6.45) is 5.08. The van der Waals surface area contributed by atoms with Crippen LogP contribution in [-0.4, -0.2) is 45.7 Å². The van der Waals surface area contributed by atoms with Gasteiger partial charge in [-0.15, -0.1) is 0 Å². The van der Waals surface area contributed by atoms with Crippen LogP contribution in [0.2, 0.25) is 0 Å². The summed E-state index contributed by atoms with van der Waals surface area (Å²) in [5.74, 6) is 0.642. The molecular formula is C15H20N4OS. The molecule has 2 aliphatic rings. The molecule has 1 N–H and O–H groups in total. The van der Waals surface area contributed by atoms with E-state index in [1.54, 1.807) is 7.11 Å². The molecule has 0 radical (unpaired) electrons. The zero-order chi connectivity index (χ0) is 14.4. The summed E-state index contributed by atoms with van der Waals surface area (Å²) in [6.45, 7) is 2.40. The number of pyridine rings is 1. The van der Waals surface area contributed by atoms with Gasteiger partial charge in [-0.2, -0.15) is 4.98 Å². The van der Waals surface area contributed by atoms with Crippen LogP contribution < -0.4 is 4.74 Å². The molecule has 4 heterocycles. The fraction of sp³-hybridized carbons (Fsp3) is 0.600. The van der Waals surface area contributed by atoms with Crippen LogP contribution in [0.25, 0.3) is 11.2 Å². The van der Waals surface area contributed by atoms with E-state index in [4.69, 9.17) is 17.0 Å². The standard InChI is InChI=1S/C15H20N4OS/c1-20-13-6-5-10-14(17-13)19(15(21)16-10)12-7-9-18-8-3-2-4-11(12)18/h5-6,11-12H,2-4,7-9H2,1H3,(H,16,21). The first-order valence-corrected chi connectivity index (χ1v) is 8.08. The van der Waals surface area contributed by atoms with E-state index in [-0.39, 0.29) is 0 Å². The Labute approximate surface area is 128 Å². The predicted octanol–water partition coefficient (Wildman–Crippen LogP) is 2.90. The van der Waals surface area contributed by atoms with E-state index in [0.717, 1.165) is 22.4 Å². The molecule has 2 aromatic rings. The van der Waals surface area contributed by atoms with Gasteiger partial charge in [-0.3, -0.25) is 9.47 Å². The summed E-state index contributed by atoms with van der Waals surface area (Å²) in [4.78, 5) is 10.5. The number of aromatic amines is 1. The fourth-order valence-electron chi connectivity index (χ4n) is 3.93. The van der Waals surface area contributed by atoms with Crippen molar-refractivity contribution in [2.24, 2.45) is 0 Å². The zero-order valence-corrected chi connectivity index (χ0v) is 13.0. The van der Waals surface area contributed by atoms with E-state index in [9.17, 15) is 0 Å². The van der Waals surface area contributed by atoms with Crippen molar-refractivity contribution in [2.75, 3.05) is 20.2 Å². The summed E-state index contributed by atoms with van der Waals surface area (Å²) in [7, 11) is 1.65. The van der Waals surface area contributed by atoms with E-state index in [1.807, 2.05) is 12.1 Å². The summed E-state index contributed by atoms with van der Waals surface area (Å²) in [5.41, 5.74) is 1.92. The van der Waals surface area contributed by atoms with Gasteiger partial charge in [0.05, 0.1) is 18.7 Å². The van der Waals surface area contributed by atoms with E-state index in [2.05, 4.69) is 19.4 Å². The highest BCUT2D eigenvalue weighted by molar-refractivity contribution is 7.71. The Balaban J connectivity index is 1.82. The van der Waals surface area contributed by atoms with E-state index in [1.165, 1.54) is 32.4 Å². The van der Waals surface area contributed by atoms with Crippen LogP contribution in [0.15, 0.2) is 12.1 Å². The van der Waals surface area contributed by atoms with Gasteiger partial charge in [0.15, 0.2) is 10.4 Å². The second kappa shape index (κ2) is 5.10. The Morgan fingerprint density at radius 2 is 2.14 bits per heavy atom. The Morgan fingerprint density at radius 3 is 3.00 bits per heavy atom. The third-order valence-corrected chi connectivity index (χ3v) is 5.20. The molecular weight excluding hydrogens is 284 g/mol. The van der Waals surface area contributed by atoms with Crippen LogP contribution in [0.5, 0.6) is 5.88 Å². The summed E-state index contributed by atoms with van der Waals surface area (Å²) in [6, 6.07) is 4.92. The van der Waals surface area contributed by atoms with Crippen molar-refractivity contribution >= 4 is 23.4 Å². The molecule has 2 saturated heterocycles. The lowest BCUT2D eigenvalue weighted by molar-refractivity contribution is 0.174. The minimum Gasteiger partial charge on any atom is -0.481 e. The smallest absolute Gasteiger partial charge is 0.215 e. The molecule has 6 heteroatoms. The van der Waals surface area contributed by atoms with Crippen molar-refractivity contribution in [1.82, 2.24) is 19.4 Å². The van der Waals surface area contributed by atoms with Crippen molar-refractivity contribution in [3.05, 3.63) is 16.9 Å². The second-order valence-corrected chi connectivity index (χ2v) is 6.37. The monoisotopic (exact) mass is 304 g/mol. The molecule has 2 fully saturated rings. The number of hydrogen-bond donors (Lipinski definition) is 1. The molecule has 2 aromatic heterocycles. The molecule has 0 saturated carbocycles. The third kappa shape index (κ3) is 2.08. The molecule has 2 aliphatic heterocycles. The summed E-state index contributed by atoms with van der Waals surface area (Å²) < 4.78 is 8.28. The molecule has 0 aliphatic carbocycles. The molecule has 2 unspecified atom stereocenters. The van der Waals surface area contributed by atoms with Crippen LogP contribution >= 0.6 is 12.2 Å². The van der Waals surface area contributed by atoms with Crippen molar-refractivity contribution in [1.29, 1.82) is 0 Å². The van der Waals surface area contributed by atoms with Crippen LogP contribution in [0.1, 0.15) is 31.7 Å². The molecule has 0 spiro atoms. The molecule has 112 valence electrons. The highest BCUT2D eigenvalue weighted by Crippen LogP contribution is 2.37. The maximum absolute atomic E-state index is 5.57. The molecule has 0 aromatic carbocycles. The molecule has 4 rings (SSSR count). The lowest BCUT2D eigenvalue weighted by atomic mass is 9.99. The zero-order valence-electron chi connectivity index (χ0n) is 12.2. The largest absolute Gasteiger partial charge is 0.481 e. The van der Waals surface area contributed by atoms with Gasteiger partial charge < -0.3 is 9.72 Å². The Kier molecular flexibility index (Phi) is 3.23. The van der Waals surface area contributed by atoms with Gasteiger partial charge in [0, 0.05) is 18.7 Å². The topological polar surface area (TPSA) is 46.1 Å². The minimum atomic E-state index is 0.436. The first kappa shape index (κ1) is 13.3. The number of rotatable bonds is 2. The highest BCUT2D eigenvalue weighted by Gasteiger charge is 2.37. The number of fused-ring (bicyclic) bond motifs is 2. The average molecular weight is 304 g/mol. The van der Waals surface area contributed by atoms with Gasteiger partial charge in [-0.25, -0.2) is 0 Å². The van der Waals surface area contributed by atoms with Crippen molar-refractivity contribution in [2.45, 2.75) is 37.8 Å². The van der Waals surface area contributed by atoms with E-state index >= 15 is 0 Å². The number of aromatic nitrogens is 3. The number of imidazole rings is 1. The fourth-order valence-corrected chi connectivity index (χ4v) is 4.26. The lowest BCUT2D eigenvalue weighted by Crippen LogP contribution is -2.37.